The highest BCUT2D eigenvalue weighted by Crippen LogP contribution is 2.53. The lowest BCUT2D eigenvalue weighted by Crippen LogP contribution is -2.37. The first-order valence-electron chi connectivity index (χ1n) is 9.25. The largest absolute Gasteiger partial charge is 0.112 e. The van der Waals surface area contributed by atoms with Crippen molar-refractivity contribution in [3.05, 3.63) is 113 Å². The summed E-state index contributed by atoms with van der Waals surface area (Å²) in [6.07, 6.45) is 5.93. The maximum Gasteiger partial charge on any atom is 0.0345 e. The molecule has 4 rings (SSSR count). The van der Waals surface area contributed by atoms with Crippen LogP contribution in [0.3, 0.4) is 0 Å². The monoisotopic (exact) mass is 356 g/mol. The highest BCUT2D eigenvalue weighted by atomic mass is 31.1. The Hall–Kier alpha value is -2.17. The topological polar surface area (TPSA) is 0 Å². The summed E-state index contributed by atoms with van der Waals surface area (Å²) in [5.74, 6) is 0.369. The van der Waals surface area contributed by atoms with Gasteiger partial charge in [0, 0.05) is 11.3 Å². The van der Waals surface area contributed by atoms with Gasteiger partial charge in [-0.1, -0.05) is 97.1 Å². The van der Waals surface area contributed by atoms with Gasteiger partial charge in [0.05, 0.1) is 0 Å². The molecule has 1 aliphatic carbocycles. The van der Waals surface area contributed by atoms with Gasteiger partial charge in [-0.3, -0.25) is 0 Å². The van der Waals surface area contributed by atoms with Crippen molar-refractivity contribution in [2.45, 2.75) is 11.3 Å². The fraction of sp³-hybridized carbons (Fsp3) is 0.200. The molecule has 3 aromatic rings. The summed E-state index contributed by atoms with van der Waals surface area (Å²) in [4.78, 5) is 0. The molecule has 0 saturated carbocycles. The fourth-order valence-corrected chi connectivity index (χ4v) is 6.02. The Morgan fingerprint density at radius 3 is 1.85 bits per heavy atom. The van der Waals surface area contributed by atoms with Crippen LogP contribution in [0.5, 0.6) is 0 Å². The number of rotatable bonds is 5. The van der Waals surface area contributed by atoms with E-state index in [9.17, 15) is 0 Å². The maximum absolute atomic E-state index is 2.43. The van der Waals surface area contributed by atoms with Crippen LogP contribution in [0.2, 0.25) is 0 Å². The smallest absolute Gasteiger partial charge is 0.0345 e. The summed E-state index contributed by atoms with van der Waals surface area (Å²) in [5.41, 5.74) is 5.64. The van der Waals surface area contributed by atoms with E-state index in [1.807, 2.05) is 0 Å². The van der Waals surface area contributed by atoms with Crippen molar-refractivity contribution in [3.8, 4) is 0 Å². The fourth-order valence-electron chi connectivity index (χ4n) is 4.46. The molecule has 0 aliphatic heterocycles. The molecule has 0 N–H and O–H groups in total. The Morgan fingerprint density at radius 1 is 0.731 bits per heavy atom. The summed E-state index contributed by atoms with van der Waals surface area (Å²) in [6.45, 7) is 4.81. The molecular formula is C25H25P. The van der Waals surface area contributed by atoms with Gasteiger partial charge in [-0.05, 0) is 41.7 Å². The summed E-state index contributed by atoms with van der Waals surface area (Å²) >= 11 is 0. The van der Waals surface area contributed by atoms with Gasteiger partial charge >= 0.3 is 0 Å². The van der Waals surface area contributed by atoms with E-state index in [4.69, 9.17) is 0 Å². The van der Waals surface area contributed by atoms with Crippen LogP contribution in [0.25, 0.3) is 6.08 Å². The molecule has 0 saturated heterocycles. The van der Waals surface area contributed by atoms with Crippen molar-refractivity contribution in [2.75, 3.05) is 19.5 Å². The summed E-state index contributed by atoms with van der Waals surface area (Å²) < 4.78 is 0. The lowest BCUT2D eigenvalue weighted by atomic mass is 9.65. The molecule has 1 unspecified atom stereocenters. The highest BCUT2D eigenvalue weighted by Gasteiger charge is 2.43. The van der Waals surface area contributed by atoms with Crippen molar-refractivity contribution >= 4 is 14.0 Å². The molecule has 0 radical (unpaired) electrons. The third-order valence-electron chi connectivity index (χ3n) is 5.47. The molecule has 1 aliphatic rings. The van der Waals surface area contributed by atoms with Crippen LogP contribution in [0.4, 0.5) is 0 Å². The van der Waals surface area contributed by atoms with Crippen molar-refractivity contribution < 1.29 is 0 Å². The van der Waals surface area contributed by atoms with Crippen LogP contribution in [0.1, 0.15) is 28.2 Å². The van der Waals surface area contributed by atoms with Crippen molar-refractivity contribution in [1.29, 1.82) is 0 Å². The average molecular weight is 356 g/mol. The van der Waals surface area contributed by atoms with Gasteiger partial charge in [0.1, 0.15) is 0 Å². The van der Waals surface area contributed by atoms with Crippen LogP contribution in [0, 0.1) is 0 Å². The van der Waals surface area contributed by atoms with Crippen LogP contribution in [0.15, 0.2) is 91.0 Å². The van der Waals surface area contributed by atoms with E-state index < -0.39 is 0 Å². The number of hydrogen-bond acceptors (Lipinski definition) is 0. The van der Waals surface area contributed by atoms with E-state index in [1.165, 1.54) is 28.4 Å². The molecule has 26 heavy (non-hydrogen) atoms. The van der Waals surface area contributed by atoms with Gasteiger partial charge in [0.25, 0.3) is 0 Å². The van der Waals surface area contributed by atoms with Gasteiger partial charge < -0.3 is 0 Å². The first-order valence-corrected chi connectivity index (χ1v) is 11.7. The normalized spacial score (nSPS) is 16.0. The average Bonchev–Trinajstić information content (AvgIpc) is 3.12. The molecule has 0 amide bonds. The van der Waals surface area contributed by atoms with Crippen molar-refractivity contribution in [3.63, 3.8) is 0 Å². The zero-order valence-corrected chi connectivity index (χ0v) is 16.4. The van der Waals surface area contributed by atoms with Gasteiger partial charge in [0.2, 0.25) is 0 Å². The second-order valence-electron chi connectivity index (χ2n) is 7.41. The van der Waals surface area contributed by atoms with E-state index in [-0.39, 0.29) is 13.3 Å². The zero-order chi connectivity index (χ0) is 18.0. The van der Waals surface area contributed by atoms with E-state index in [0.717, 1.165) is 0 Å². The molecule has 130 valence electrons. The van der Waals surface area contributed by atoms with Crippen LogP contribution in [-0.2, 0) is 5.41 Å². The number of benzene rings is 3. The van der Waals surface area contributed by atoms with Gasteiger partial charge in [-0.25, -0.2) is 0 Å². The first kappa shape index (κ1) is 17.3. The second-order valence-corrected chi connectivity index (χ2v) is 9.88. The molecule has 1 heteroatoms. The minimum absolute atomic E-state index is 0.0270. The molecule has 0 heterocycles. The number of hydrogen-bond donors (Lipinski definition) is 0. The summed E-state index contributed by atoms with van der Waals surface area (Å²) in [6, 6.07) is 31.2. The molecule has 3 aromatic carbocycles. The Balaban J connectivity index is 1.99. The molecule has 0 bridgehead atoms. The predicted molar refractivity (Wildman–Crippen MR) is 116 cm³/mol. The van der Waals surface area contributed by atoms with E-state index in [0.29, 0.717) is 5.92 Å². The van der Waals surface area contributed by atoms with Crippen molar-refractivity contribution in [2.24, 2.45) is 0 Å². The molecule has 0 fully saturated rings. The SMILES string of the molecule is CP(C)CC(c1ccccc1)(c1ccccc1)C1C=Cc2ccccc21. The van der Waals surface area contributed by atoms with Crippen LogP contribution in [-0.4, -0.2) is 19.5 Å². The Morgan fingerprint density at radius 2 is 1.27 bits per heavy atom. The third-order valence-corrected chi connectivity index (χ3v) is 6.60. The maximum atomic E-state index is 2.43. The van der Waals surface area contributed by atoms with E-state index in [1.54, 1.807) is 0 Å². The van der Waals surface area contributed by atoms with Gasteiger partial charge in [-0.15, -0.1) is 7.92 Å². The predicted octanol–water partition coefficient (Wildman–Crippen LogP) is 6.52. The van der Waals surface area contributed by atoms with E-state index in [2.05, 4.69) is 110 Å². The highest BCUT2D eigenvalue weighted by molar-refractivity contribution is 7.56. The van der Waals surface area contributed by atoms with Gasteiger partial charge in [-0.2, -0.15) is 0 Å². The minimum atomic E-state index is -0.0749. The Bertz CT molecular complexity index is 854. The lowest BCUT2D eigenvalue weighted by molar-refractivity contribution is 0.521. The molecule has 0 nitrogen and oxygen atoms in total. The second kappa shape index (κ2) is 7.22. The summed E-state index contributed by atoms with van der Waals surface area (Å²) in [7, 11) is -0.0749. The molecular weight excluding hydrogens is 331 g/mol. The third kappa shape index (κ3) is 2.93. The standard InChI is InChI=1S/C25H25P/c1-26(2)19-25(21-12-5-3-6-13-21,22-14-7-4-8-15-22)24-18-17-20-11-9-10-16-23(20)24/h3-18,24H,19H2,1-2H3. The zero-order valence-electron chi connectivity index (χ0n) is 15.5. The molecule has 1 atom stereocenters. The molecule has 0 aromatic heterocycles. The Kier molecular flexibility index (Phi) is 4.79. The number of allylic oxidation sites excluding steroid dienone is 1. The van der Waals surface area contributed by atoms with Crippen LogP contribution >= 0.6 is 7.92 Å². The minimum Gasteiger partial charge on any atom is -0.112 e. The molecule has 0 spiro atoms. The first-order chi connectivity index (χ1) is 12.7. The van der Waals surface area contributed by atoms with Crippen LogP contribution < -0.4 is 0 Å². The Labute approximate surface area is 158 Å². The quantitative estimate of drug-likeness (QED) is 0.456. The van der Waals surface area contributed by atoms with Crippen molar-refractivity contribution in [1.82, 2.24) is 0 Å². The lowest BCUT2D eigenvalue weighted by Gasteiger charge is -2.42. The van der Waals surface area contributed by atoms with Gasteiger partial charge in [0.15, 0.2) is 0 Å². The van der Waals surface area contributed by atoms with E-state index >= 15 is 0 Å². The summed E-state index contributed by atoms with van der Waals surface area (Å²) in [5, 5.41) is 0. The number of fused-ring (bicyclic) bond motifs is 1.